The fourth-order valence-electron chi connectivity index (χ4n) is 2.42. The quantitative estimate of drug-likeness (QED) is 0.810. The molecule has 2 heterocycles. The van der Waals surface area contributed by atoms with E-state index >= 15 is 0 Å². The van der Waals surface area contributed by atoms with E-state index in [1.807, 2.05) is 11.9 Å². The van der Waals surface area contributed by atoms with E-state index in [2.05, 4.69) is 26.0 Å². The Labute approximate surface area is 131 Å². The summed E-state index contributed by atoms with van der Waals surface area (Å²) in [7, 11) is 1.87. The Morgan fingerprint density at radius 3 is 2.81 bits per heavy atom. The van der Waals surface area contributed by atoms with Gasteiger partial charge < -0.3 is 14.4 Å². The SMILES string of the molecule is Cc1ccc([C@@H](C)N(C)C(=O)CCOC2CCOCC2)s1. The summed E-state index contributed by atoms with van der Waals surface area (Å²) in [4.78, 5) is 16.6. The number of hydrogen-bond acceptors (Lipinski definition) is 4. The fourth-order valence-corrected chi connectivity index (χ4v) is 3.39. The van der Waals surface area contributed by atoms with Crippen LogP contribution in [-0.2, 0) is 14.3 Å². The van der Waals surface area contributed by atoms with Crippen LogP contribution in [0.5, 0.6) is 0 Å². The second-order valence-electron chi connectivity index (χ2n) is 5.56. The zero-order valence-corrected chi connectivity index (χ0v) is 13.9. The highest BCUT2D eigenvalue weighted by Gasteiger charge is 2.19. The maximum Gasteiger partial charge on any atom is 0.225 e. The third-order valence-electron chi connectivity index (χ3n) is 3.99. The number of carbonyl (C=O) groups is 1. The molecule has 1 fully saturated rings. The van der Waals surface area contributed by atoms with Crippen molar-refractivity contribution >= 4 is 17.2 Å². The van der Waals surface area contributed by atoms with Crippen LogP contribution in [0.2, 0.25) is 0 Å². The fraction of sp³-hybridized carbons (Fsp3) is 0.688. The topological polar surface area (TPSA) is 38.8 Å². The van der Waals surface area contributed by atoms with Crippen LogP contribution in [-0.4, -0.2) is 43.8 Å². The molecule has 1 aromatic heterocycles. The molecular weight excluding hydrogens is 286 g/mol. The zero-order valence-electron chi connectivity index (χ0n) is 13.1. The Balaban J connectivity index is 1.74. The third-order valence-corrected chi connectivity index (χ3v) is 5.16. The molecule has 0 aliphatic carbocycles. The average Bonchev–Trinajstić information content (AvgIpc) is 2.93. The number of amides is 1. The van der Waals surface area contributed by atoms with Gasteiger partial charge in [-0.05, 0) is 38.8 Å². The summed E-state index contributed by atoms with van der Waals surface area (Å²) >= 11 is 1.75. The highest BCUT2D eigenvalue weighted by Crippen LogP contribution is 2.26. The van der Waals surface area contributed by atoms with Gasteiger partial charge in [0.05, 0.1) is 25.2 Å². The largest absolute Gasteiger partial charge is 0.381 e. The Bertz CT molecular complexity index is 454. The van der Waals surface area contributed by atoms with Crippen molar-refractivity contribution < 1.29 is 14.3 Å². The molecule has 21 heavy (non-hydrogen) atoms. The molecule has 1 aliphatic rings. The first kappa shape index (κ1) is 16.5. The van der Waals surface area contributed by atoms with Crippen molar-refractivity contribution in [3.8, 4) is 0 Å². The van der Waals surface area contributed by atoms with Gasteiger partial charge in [-0.2, -0.15) is 0 Å². The molecule has 0 aromatic carbocycles. The average molecular weight is 311 g/mol. The molecule has 118 valence electrons. The molecule has 1 aromatic rings. The molecule has 2 rings (SSSR count). The summed E-state index contributed by atoms with van der Waals surface area (Å²) in [5.74, 6) is 0.139. The molecule has 5 heteroatoms. The third kappa shape index (κ3) is 4.80. The van der Waals surface area contributed by atoms with E-state index in [0.29, 0.717) is 13.0 Å². The van der Waals surface area contributed by atoms with E-state index in [1.54, 1.807) is 11.3 Å². The van der Waals surface area contributed by atoms with E-state index < -0.39 is 0 Å². The first-order valence-electron chi connectivity index (χ1n) is 7.59. The van der Waals surface area contributed by atoms with Gasteiger partial charge >= 0.3 is 0 Å². The number of carbonyl (C=O) groups excluding carboxylic acids is 1. The smallest absolute Gasteiger partial charge is 0.225 e. The van der Waals surface area contributed by atoms with Crippen LogP contribution in [0.3, 0.4) is 0 Å². The van der Waals surface area contributed by atoms with Crippen LogP contribution in [0.1, 0.15) is 42.0 Å². The number of nitrogens with zero attached hydrogens (tertiary/aromatic N) is 1. The second-order valence-corrected chi connectivity index (χ2v) is 6.88. The zero-order chi connectivity index (χ0) is 15.2. The minimum Gasteiger partial charge on any atom is -0.381 e. The lowest BCUT2D eigenvalue weighted by atomic mass is 10.1. The van der Waals surface area contributed by atoms with Gasteiger partial charge in [0.25, 0.3) is 0 Å². The lowest BCUT2D eigenvalue weighted by Crippen LogP contribution is -2.31. The first-order chi connectivity index (χ1) is 10.1. The van der Waals surface area contributed by atoms with Crippen LogP contribution in [0.25, 0.3) is 0 Å². The van der Waals surface area contributed by atoms with Crippen molar-refractivity contribution in [3.05, 3.63) is 21.9 Å². The Morgan fingerprint density at radius 2 is 2.19 bits per heavy atom. The molecule has 1 amide bonds. The van der Waals surface area contributed by atoms with Gasteiger partial charge in [0.1, 0.15) is 0 Å². The molecule has 0 N–H and O–H groups in total. The van der Waals surface area contributed by atoms with Crippen LogP contribution < -0.4 is 0 Å². The normalized spacial score (nSPS) is 17.7. The standard InChI is InChI=1S/C16H25NO3S/c1-12-4-5-15(21-12)13(2)17(3)16(18)8-11-20-14-6-9-19-10-7-14/h4-5,13-14H,6-11H2,1-3H3/t13-/m1/s1. The number of aryl methyl sites for hydroxylation is 1. The molecular formula is C16H25NO3S. The maximum atomic E-state index is 12.2. The number of thiophene rings is 1. The number of rotatable bonds is 6. The minimum absolute atomic E-state index is 0.124. The van der Waals surface area contributed by atoms with E-state index in [0.717, 1.165) is 26.1 Å². The summed E-state index contributed by atoms with van der Waals surface area (Å²) in [6.07, 6.45) is 2.58. The predicted molar refractivity (Wildman–Crippen MR) is 84.7 cm³/mol. The van der Waals surface area contributed by atoms with E-state index in [9.17, 15) is 4.79 Å². The van der Waals surface area contributed by atoms with Crippen molar-refractivity contribution in [3.63, 3.8) is 0 Å². The Kier molecular flexibility index (Phi) is 6.21. The van der Waals surface area contributed by atoms with Gasteiger partial charge in [-0.15, -0.1) is 11.3 Å². The molecule has 0 unspecified atom stereocenters. The van der Waals surface area contributed by atoms with Gasteiger partial charge in [0, 0.05) is 30.0 Å². The van der Waals surface area contributed by atoms with Crippen molar-refractivity contribution in [2.24, 2.45) is 0 Å². The first-order valence-corrected chi connectivity index (χ1v) is 8.41. The van der Waals surface area contributed by atoms with Gasteiger partial charge in [-0.25, -0.2) is 0 Å². The van der Waals surface area contributed by atoms with Gasteiger partial charge in [0.2, 0.25) is 5.91 Å². The van der Waals surface area contributed by atoms with Gasteiger partial charge in [0.15, 0.2) is 0 Å². The summed E-state index contributed by atoms with van der Waals surface area (Å²) in [6, 6.07) is 4.33. The van der Waals surface area contributed by atoms with E-state index in [-0.39, 0.29) is 18.1 Å². The van der Waals surface area contributed by atoms with Crippen LogP contribution >= 0.6 is 11.3 Å². The predicted octanol–water partition coefficient (Wildman–Crippen LogP) is 3.16. The maximum absolute atomic E-state index is 12.2. The highest BCUT2D eigenvalue weighted by atomic mass is 32.1. The molecule has 0 spiro atoms. The number of hydrogen-bond donors (Lipinski definition) is 0. The van der Waals surface area contributed by atoms with Gasteiger partial charge in [-0.1, -0.05) is 0 Å². The summed E-state index contributed by atoms with van der Waals surface area (Å²) in [5.41, 5.74) is 0. The molecule has 0 radical (unpaired) electrons. The van der Waals surface area contributed by atoms with Gasteiger partial charge in [-0.3, -0.25) is 4.79 Å². The highest BCUT2D eigenvalue weighted by molar-refractivity contribution is 7.12. The molecule has 1 saturated heterocycles. The van der Waals surface area contributed by atoms with Crippen molar-refractivity contribution in [1.29, 1.82) is 0 Å². The van der Waals surface area contributed by atoms with E-state index in [1.165, 1.54) is 9.75 Å². The molecule has 4 nitrogen and oxygen atoms in total. The molecule has 1 atom stereocenters. The van der Waals surface area contributed by atoms with Crippen LogP contribution in [0, 0.1) is 6.92 Å². The van der Waals surface area contributed by atoms with Crippen molar-refractivity contribution in [2.75, 3.05) is 26.9 Å². The second kappa shape index (κ2) is 7.92. The minimum atomic E-state index is 0.124. The molecule has 1 aliphatic heterocycles. The van der Waals surface area contributed by atoms with Crippen LogP contribution in [0.15, 0.2) is 12.1 Å². The Hall–Kier alpha value is -0.910. The van der Waals surface area contributed by atoms with Crippen molar-refractivity contribution in [2.45, 2.75) is 45.3 Å². The summed E-state index contributed by atoms with van der Waals surface area (Å²) in [5, 5.41) is 0. The number of ether oxygens (including phenoxy) is 2. The molecule has 0 saturated carbocycles. The molecule has 0 bridgehead atoms. The Morgan fingerprint density at radius 1 is 1.48 bits per heavy atom. The lowest BCUT2D eigenvalue weighted by Gasteiger charge is -2.25. The van der Waals surface area contributed by atoms with Crippen LogP contribution in [0.4, 0.5) is 0 Å². The summed E-state index contributed by atoms with van der Waals surface area (Å²) in [6.45, 7) is 6.21. The van der Waals surface area contributed by atoms with Crippen molar-refractivity contribution in [1.82, 2.24) is 4.90 Å². The van der Waals surface area contributed by atoms with E-state index in [4.69, 9.17) is 9.47 Å². The monoisotopic (exact) mass is 311 g/mol. The summed E-state index contributed by atoms with van der Waals surface area (Å²) < 4.78 is 11.1. The lowest BCUT2D eigenvalue weighted by molar-refractivity contribution is -0.133.